The maximum Gasteiger partial charge on any atom is 0.313 e. The summed E-state index contributed by atoms with van der Waals surface area (Å²) in [5.74, 6) is -0.0312. The molecule has 0 bridgehead atoms. The molecule has 0 aromatic heterocycles. The van der Waals surface area contributed by atoms with Gasteiger partial charge in [0.1, 0.15) is 12.7 Å². The first-order valence-electron chi connectivity index (χ1n) is 11.0. The molecular formula is C27H24O5S. The van der Waals surface area contributed by atoms with Gasteiger partial charge in [0, 0.05) is 27.3 Å². The number of benzene rings is 3. The molecule has 3 aromatic rings. The average molecular weight is 461 g/mol. The number of thioether (sulfide) groups is 1. The summed E-state index contributed by atoms with van der Waals surface area (Å²) in [7, 11) is 0. The van der Waals surface area contributed by atoms with E-state index in [-0.39, 0.29) is 24.5 Å². The van der Waals surface area contributed by atoms with E-state index < -0.39 is 12.2 Å². The summed E-state index contributed by atoms with van der Waals surface area (Å²) in [6.07, 6.45) is -0.735. The van der Waals surface area contributed by atoms with Crippen molar-refractivity contribution in [2.45, 2.75) is 35.9 Å². The van der Waals surface area contributed by atoms with Crippen LogP contribution in [0, 0.1) is 0 Å². The van der Waals surface area contributed by atoms with Crippen LogP contribution in [0.25, 0.3) is 0 Å². The van der Waals surface area contributed by atoms with Gasteiger partial charge in [0.2, 0.25) is 0 Å². The predicted molar refractivity (Wildman–Crippen MR) is 125 cm³/mol. The number of ether oxygens (including phenoxy) is 3. The van der Waals surface area contributed by atoms with Gasteiger partial charge >= 0.3 is 5.97 Å². The Hall–Kier alpha value is -2.93. The van der Waals surface area contributed by atoms with Crippen molar-refractivity contribution in [2.75, 3.05) is 13.2 Å². The molecule has 0 spiro atoms. The minimum atomic E-state index is -0.455. The third-order valence-electron chi connectivity index (χ3n) is 5.98. The number of carbonyl (C=O) groups excluding carboxylic acids is 2. The van der Waals surface area contributed by atoms with Crippen molar-refractivity contribution in [3.63, 3.8) is 0 Å². The molecule has 0 radical (unpaired) electrons. The Kier molecular flexibility index (Phi) is 6.31. The van der Waals surface area contributed by atoms with Crippen molar-refractivity contribution < 1.29 is 23.8 Å². The molecule has 0 aliphatic carbocycles. The molecule has 3 aromatic carbocycles. The van der Waals surface area contributed by atoms with E-state index in [1.54, 1.807) is 11.8 Å². The summed E-state index contributed by atoms with van der Waals surface area (Å²) < 4.78 is 17.1. The molecule has 6 heteroatoms. The molecule has 0 amide bonds. The zero-order valence-corrected chi connectivity index (χ0v) is 19.0. The first kappa shape index (κ1) is 21.9. The Labute approximate surface area is 197 Å². The standard InChI is InChI=1S/C27H24O5S/c1-17(26(29)30-14-21-15-31-27(32-21)18-7-3-2-4-8-18)19-11-12-23-24(13-19)33-16-20-9-5-6-10-22(20)25(23)28/h2-13,17,21,27H,14-16H2,1H3. The van der Waals surface area contributed by atoms with E-state index in [1.807, 2.05) is 79.7 Å². The van der Waals surface area contributed by atoms with Crippen LogP contribution >= 0.6 is 11.8 Å². The number of fused-ring (bicyclic) bond motifs is 2. The van der Waals surface area contributed by atoms with Gasteiger partial charge in [0.05, 0.1) is 12.5 Å². The van der Waals surface area contributed by atoms with Gasteiger partial charge in [-0.3, -0.25) is 9.59 Å². The molecule has 3 atom stereocenters. The Balaban J connectivity index is 1.22. The number of ketones is 1. The lowest BCUT2D eigenvalue weighted by Gasteiger charge is -2.16. The summed E-state index contributed by atoms with van der Waals surface area (Å²) in [6, 6.07) is 23.0. The average Bonchev–Trinajstić information content (AvgIpc) is 3.29. The van der Waals surface area contributed by atoms with Crippen molar-refractivity contribution in [2.24, 2.45) is 0 Å². The second-order valence-electron chi connectivity index (χ2n) is 8.22. The number of hydrogen-bond donors (Lipinski definition) is 0. The molecule has 3 unspecified atom stereocenters. The predicted octanol–water partition coefficient (Wildman–Crippen LogP) is 5.28. The quantitative estimate of drug-likeness (QED) is 0.483. The van der Waals surface area contributed by atoms with Crippen LogP contribution in [-0.4, -0.2) is 31.1 Å². The van der Waals surface area contributed by atoms with E-state index in [9.17, 15) is 9.59 Å². The molecule has 1 saturated heterocycles. The van der Waals surface area contributed by atoms with Gasteiger partial charge in [-0.05, 0) is 30.2 Å². The van der Waals surface area contributed by atoms with Crippen molar-refractivity contribution in [3.05, 3.63) is 101 Å². The summed E-state index contributed by atoms with van der Waals surface area (Å²) in [4.78, 5) is 26.6. The molecule has 5 rings (SSSR count). The second kappa shape index (κ2) is 9.51. The van der Waals surface area contributed by atoms with Crippen LogP contribution in [0.15, 0.2) is 77.7 Å². The molecule has 2 aliphatic heterocycles. The van der Waals surface area contributed by atoms with Crippen LogP contribution < -0.4 is 0 Å². The van der Waals surface area contributed by atoms with Gasteiger partial charge in [-0.15, -0.1) is 11.8 Å². The van der Waals surface area contributed by atoms with E-state index in [4.69, 9.17) is 14.2 Å². The highest BCUT2D eigenvalue weighted by atomic mass is 32.2. The lowest BCUT2D eigenvalue weighted by molar-refractivity contribution is -0.149. The molecule has 168 valence electrons. The van der Waals surface area contributed by atoms with Gasteiger partial charge < -0.3 is 14.2 Å². The van der Waals surface area contributed by atoms with Gasteiger partial charge in [-0.1, -0.05) is 60.7 Å². The van der Waals surface area contributed by atoms with Crippen LogP contribution in [0.3, 0.4) is 0 Å². The van der Waals surface area contributed by atoms with E-state index in [0.29, 0.717) is 12.2 Å². The van der Waals surface area contributed by atoms with Gasteiger partial charge in [0.15, 0.2) is 12.1 Å². The van der Waals surface area contributed by atoms with E-state index >= 15 is 0 Å². The van der Waals surface area contributed by atoms with Crippen LogP contribution in [0.4, 0.5) is 0 Å². The van der Waals surface area contributed by atoms with Crippen LogP contribution in [-0.2, 0) is 24.8 Å². The van der Waals surface area contributed by atoms with E-state index in [1.165, 1.54) is 0 Å². The first-order chi connectivity index (χ1) is 16.1. The fraction of sp³-hybridized carbons (Fsp3) is 0.259. The highest BCUT2D eigenvalue weighted by molar-refractivity contribution is 7.98. The minimum Gasteiger partial charge on any atom is -0.462 e. The lowest BCUT2D eigenvalue weighted by atomic mass is 9.95. The largest absolute Gasteiger partial charge is 0.462 e. The normalized spacial score (nSPS) is 20.5. The topological polar surface area (TPSA) is 61.8 Å². The molecule has 2 heterocycles. The zero-order valence-electron chi connectivity index (χ0n) is 18.2. The fourth-order valence-corrected chi connectivity index (χ4v) is 5.14. The maximum absolute atomic E-state index is 13.0. The molecule has 2 aliphatic rings. The van der Waals surface area contributed by atoms with Crippen molar-refractivity contribution in [3.8, 4) is 0 Å². The highest BCUT2D eigenvalue weighted by Crippen LogP contribution is 2.36. The monoisotopic (exact) mass is 460 g/mol. The smallest absolute Gasteiger partial charge is 0.313 e. The third kappa shape index (κ3) is 4.60. The van der Waals surface area contributed by atoms with Crippen LogP contribution in [0.1, 0.15) is 51.7 Å². The number of carbonyl (C=O) groups is 2. The minimum absolute atomic E-state index is 0.0266. The summed E-state index contributed by atoms with van der Waals surface area (Å²) in [5, 5.41) is 0. The van der Waals surface area contributed by atoms with Crippen molar-refractivity contribution in [1.29, 1.82) is 0 Å². The Bertz CT molecular complexity index is 1180. The highest BCUT2D eigenvalue weighted by Gasteiger charge is 2.29. The fourth-order valence-electron chi connectivity index (χ4n) is 4.04. The summed E-state index contributed by atoms with van der Waals surface area (Å²) in [6.45, 7) is 2.33. The third-order valence-corrected chi connectivity index (χ3v) is 7.09. The van der Waals surface area contributed by atoms with Gasteiger partial charge in [-0.25, -0.2) is 0 Å². The Morgan fingerprint density at radius 2 is 1.85 bits per heavy atom. The summed E-state index contributed by atoms with van der Waals surface area (Å²) in [5.41, 5.74) is 4.23. The molecule has 1 fully saturated rings. The Morgan fingerprint density at radius 1 is 1.06 bits per heavy atom. The van der Waals surface area contributed by atoms with E-state index in [2.05, 4.69) is 0 Å². The summed E-state index contributed by atoms with van der Waals surface area (Å²) >= 11 is 1.62. The Morgan fingerprint density at radius 3 is 2.70 bits per heavy atom. The van der Waals surface area contributed by atoms with E-state index in [0.717, 1.165) is 32.9 Å². The van der Waals surface area contributed by atoms with Gasteiger partial charge in [0.25, 0.3) is 0 Å². The SMILES string of the molecule is CC(C(=O)OCC1COC(c2ccccc2)O1)c1ccc2c(c1)SCc1ccccc1C2=O. The molecule has 5 nitrogen and oxygen atoms in total. The number of rotatable bonds is 5. The van der Waals surface area contributed by atoms with Crippen molar-refractivity contribution >= 4 is 23.5 Å². The lowest BCUT2D eigenvalue weighted by Crippen LogP contribution is -2.23. The van der Waals surface area contributed by atoms with Crippen LogP contribution in [0.2, 0.25) is 0 Å². The molecule has 33 heavy (non-hydrogen) atoms. The molecular weight excluding hydrogens is 436 g/mol. The zero-order chi connectivity index (χ0) is 22.8. The van der Waals surface area contributed by atoms with Gasteiger partial charge in [-0.2, -0.15) is 0 Å². The molecule has 0 saturated carbocycles. The van der Waals surface area contributed by atoms with Crippen molar-refractivity contribution in [1.82, 2.24) is 0 Å². The molecule has 0 N–H and O–H groups in total. The first-order valence-corrected chi connectivity index (χ1v) is 12.0. The number of hydrogen-bond acceptors (Lipinski definition) is 6. The van der Waals surface area contributed by atoms with Crippen LogP contribution in [0.5, 0.6) is 0 Å². The maximum atomic E-state index is 13.0. The second-order valence-corrected chi connectivity index (χ2v) is 9.23. The number of esters is 1.